The number of rotatable bonds is 8. The van der Waals surface area contributed by atoms with Gasteiger partial charge in [-0.1, -0.05) is 39.0 Å². The van der Waals surface area contributed by atoms with Gasteiger partial charge in [0.25, 0.3) is 0 Å². The highest BCUT2D eigenvalue weighted by molar-refractivity contribution is 7.04. The Balaban J connectivity index is 2.28. The van der Waals surface area contributed by atoms with Gasteiger partial charge in [-0.2, -0.15) is 0 Å². The lowest BCUT2D eigenvalue weighted by atomic mass is 10.2. The quantitative estimate of drug-likeness (QED) is 0.658. The van der Waals surface area contributed by atoms with Crippen molar-refractivity contribution in [3.8, 4) is 0 Å². The lowest BCUT2D eigenvalue weighted by molar-refractivity contribution is -0.137. The van der Waals surface area contributed by atoms with E-state index >= 15 is 0 Å². The molecule has 0 bridgehead atoms. The summed E-state index contributed by atoms with van der Waals surface area (Å²) in [4.78, 5) is 16.3. The molecule has 1 heterocycles. The average Bonchev–Trinajstić information content (AvgIpc) is 2.68. The van der Waals surface area contributed by atoms with Crippen LogP contribution in [0.15, 0.2) is 41.4 Å². The van der Waals surface area contributed by atoms with E-state index in [9.17, 15) is 9.90 Å². The number of carboxylic acids is 1. The molecule has 0 fully saturated rings. The third-order valence-electron chi connectivity index (χ3n) is 5.99. The van der Waals surface area contributed by atoms with Crippen molar-refractivity contribution in [2.75, 3.05) is 11.9 Å². The summed E-state index contributed by atoms with van der Waals surface area (Å²) in [5.74, 6) is -0.715. The molecule has 3 rings (SSSR count). The largest absolute Gasteiger partial charge is 0.481 e. The van der Waals surface area contributed by atoms with Crippen LogP contribution in [0.1, 0.15) is 47.0 Å². The lowest BCUT2D eigenvalue weighted by Gasteiger charge is -2.40. The van der Waals surface area contributed by atoms with Crippen LogP contribution in [-0.2, 0) is 4.79 Å². The standard InChI is InChI=1S/C24H32N2O2Si/c1-5-8-18-10-12-20-22(15-18)29(17(3)4,14-7-9-24(27)28)23-16-19(25-6-2)11-13-21(23)26-20/h8,10-13,15-17,25H,5-7,9,14H2,1-4H3,(H,27,28)/b18-8+. The van der Waals surface area contributed by atoms with Crippen LogP contribution in [0.25, 0.3) is 6.08 Å². The Morgan fingerprint density at radius 2 is 1.97 bits per heavy atom. The number of anilines is 1. The summed E-state index contributed by atoms with van der Waals surface area (Å²) in [6, 6.07) is 14.1. The number of hydrogen-bond acceptors (Lipinski definition) is 3. The number of nitrogens with zero attached hydrogens (tertiary/aromatic N) is 1. The fraction of sp³-hybridized carbons (Fsp3) is 0.417. The number of carbonyl (C=O) groups is 1. The molecule has 0 saturated carbocycles. The SMILES string of the molecule is CC/C=c1\ccc2c(c1)[Si](CCCC(=O)O)(C(C)C)c1cc(NCC)ccc1N=2. The Kier molecular flexibility index (Phi) is 6.58. The second-order valence-corrected chi connectivity index (χ2v) is 12.8. The van der Waals surface area contributed by atoms with Crippen molar-refractivity contribution in [3.05, 3.63) is 47.0 Å². The number of nitrogens with one attached hydrogen (secondary N) is 1. The Labute approximate surface area is 174 Å². The predicted octanol–water partition coefficient (Wildman–Crippen LogP) is 3.41. The maximum absolute atomic E-state index is 11.3. The molecule has 1 unspecified atom stereocenters. The fourth-order valence-electron chi connectivity index (χ4n) is 4.65. The van der Waals surface area contributed by atoms with Gasteiger partial charge in [0, 0.05) is 18.7 Å². The number of fused-ring (bicyclic) bond motifs is 2. The summed E-state index contributed by atoms with van der Waals surface area (Å²) in [7, 11) is -2.21. The highest BCUT2D eigenvalue weighted by Crippen LogP contribution is 2.32. The van der Waals surface area contributed by atoms with E-state index in [1.165, 1.54) is 15.6 Å². The second-order valence-electron chi connectivity index (χ2n) is 8.14. The zero-order valence-electron chi connectivity index (χ0n) is 18.0. The maximum Gasteiger partial charge on any atom is 0.303 e. The molecule has 154 valence electrons. The third-order valence-corrected chi connectivity index (χ3v) is 11.8. The monoisotopic (exact) mass is 408 g/mol. The average molecular weight is 409 g/mol. The van der Waals surface area contributed by atoms with E-state index in [0.717, 1.165) is 35.7 Å². The second kappa shape index (κ2) is 8.95. The third kappa shape index (κ3) is 4.15. The first kappa shape index (κ1) is 21.3. The van der Waals surface area contributed by atoms with Crippen LogP contribution in [0.3, 0.4) is 0 Å². The number of carboxylic acid groups (broad SMARTS) is 1. The van der Waals surface area contributed by atoms with Gasteiger partial charge in [-0.15, -0.1) is 0 Å². The van der Waals surface area contributed by atoms with E-state index in [4.69, 9.17) is 4.99 Å². The number of aliphatic carboxylic acids is 1. The van der Waals surface area contributed by atoms with Gasteiger partial charge in [0.05, 0.1) is 11.0 Å². The van der Waals surface area contributed by atoms with Crippen LogP contribution in [0.5, 0.6) is 0 Å². The van der Waals surface area contributed by atoms with Crippen molar-refractivity contribution in [1.82, 2.24) is 0 Å². The van der Waals surface area contributed by atoms with Crippen molar-refractivity contribution in [1.29, 1.82) is 0 Å². The van der Waals surface area contributed by atoms with Crippen LogP contribution >= 0.6 is 0 Å². The first-order chi connectivity index (χ1) is 13.9. The molecule has 1 aliphatic rings. The van der Waals surface area contributed by atoms with Gasteiger partial charge < -0.3 is 10.4 Å². The molecular formula is C24H32N2O2Si. The van der Waals surface area contributed by atoms with Gasteiger partial charge in [-0.05, 0) is 71.2 Å². The number of hydrogen-bond donors (Lipinski definition) is 2. The predicted molar refractivity (Wildman–Crippen MR) is 124 cm³/mol. The summed E-state index contributed by atoms with van der Waals surface area (Å²) in [6.45, 7) is 9.75. The Bertz CT molecular complexity index is 1020. The lowest BCUT2D eigenvalue weighted by Crippen LogP contribution is -2.67. The molecule has 2 aromatic rings. The highest BCUT2D eigenvalue weighted by atomic mass is 28.3. The summed E-state index contributed by atoms with van der Waals surface area (Å²) in [5, 5.41) is 17.7. The summed E-state index contributed by atoms with van der Waals surface area (Å²) < 4.78 is 0. The molecule has 4 nitrogen and oxygen atoms in total. The molecule has 0 radical (unpaired) electrons. The van der Waals surface area contributed by atoms with Crippen LogP contribution in [-0.4, -0.2) is 25.7 Å². The summed E-state index contributed by atoms with van der Waals surface area (Å²) in [6.07, 6.45) is 4.16. The Morgan fingerprint density at radius 3 is 2.62 bits per heavy atom. The van der Waals surface area contributed by atoms with Gasteiger partial charge in [-0.25, -0.2) is 4.99 Å². The normalized spacial score (nSPS) is 18.2. The van der Waals surface area contributed by atoms with Gasteiger partial charge in [-0.3, -0.25) is 4.79 Å². The van der Waals surface area contributed by atoms with E-state index in [-0.39, 0.29) is 6.42 Å². The van der Waals surface area contributed by atoms with Crippen LogP contribution in [0, 0.1) is 0 Å². The summed E-state index contributed by atoms with van der Waals surface area (Å²) >= 11 is 0. The zero-order valence-corrected chi connectivity index (χ0v) is 19.0. The zero-order chi connectivity index (χ0) is 21.0. The maximum atomic E-state index is 11.3. The molecule has 29 heavy (non-hydrogen) atoms. The molecular weight excluding hydrogens is 376 g/mol. The van der Waals surface area contributed by atoms with E-state index in [1.807, 2.05) is 0 Å². The van der Waals surface area contributed by atoms with Crippen LogP contribution in [0.2, 0.25) is 11.6 Å². The molecule has 1 atom stereocenters. The van der Waals surface area contributed by atoms with E-state index in [1.54, 1.807) is 0 Å². The van der Waals surface area contributed by atoms with E-state index < -0.39 is 14.0 Å². The first-order valence-electron chi connectivity index (χ1n) is 10.7. The Morgan fingerprint density at radius 1 is 1.17 bits per heavy atom. The van der Waals surface area contributed by atoms with Crippen molar-refractivity contribution in [3.63, 3.8) is 0 Å². The van der Waals surface area contributed by atoms with Gasteiger partial charge in [0.1, 0.15) is 8.07 Å². The summed E-state index contributed by atoms with van der Waals surface area (Å²) in [5.41, 5.74) is 2.62. The van der Waals surface area contributed by atoms with E-state index in [2.05, 4.69) is 75.5 Å². The molecule has 0 aliphatic carbocycles. The number of benzene rings is 2. The molecule has 2 N–H and O–H groups in total. The molecule has 1 aliphatic heterocycles. The highest BCUT2D eigenvalue weighted by Gasteiger charge is 2.44. The van der Waals surface area contributed by atoms with Crippen LogP contribution < -0.4 is 26.3 Å². The molecule has 2 aromatic carbocycles. The van der Waals surface area contributed by atoms with Crippen molar-refractivity contribution >= 4 is 41.9 Å². The van der Waals surface area contributed by atoms with E-state index in [0.29, 0.717) is 12.0 Å². The van der Waals surface area contributed by atoms with Gasteiger partial charge in [0.2, 0.25) is 0 Å². The van der Waals surface area contributed by atoms with Crippen molar-refractivity contribution in [2.24, 2.45) is 4.99 Å². The minimum Gasteiger partial charge on any atom is -0.481 e. The molecule has 0 aromatic heterocycles. The van der Waals surface area contributed by atoms with Gasteiger partial charge >= 0.3 is 5.97 Å². The molecule has 5 heteroatoms. The van der Waals surface area contributed by atoms with Crippen molar-refractivity contribution in [2.45, 2.75) is 58.5 Å². The Hall–Kier alpha value is -2.40. The smallest absolute Gasteiger partial charge is 0.303 e. The topological polar surface area (TPSA) is 61.7 Å². The fourth-order valence-corrected chi connectivity index (χ4v) is 10.1. The minimum absolute atomic E-state index is 0.219. The molecule has 0 spiro atoms. The molecule has 0 amide bonds. The van der Waals surface area contributed by atoms with Crippen molar-refractivity contribution < 1.29 is 9.90 Å². The minimum atomic E-state index is -2.21. The first-order valence-corrected chi connectivity index (χ1v) is 13.0. The molecule has 0 saturated heterocycles. The van der Waals surface area contributed by atoms with Crippen LogP contribution in [0.4, 0.5) is 11.4 Å². The van der Waals surface area contributed by atoms with Gasteiger partial charge in [0.15, 0.2) is 0 Å².